The van der Waals surface area contributed by atoms with Crippen molar-refractivity contribution < 1.29 is 0 Å². The molecule has 0 radical (unpaired) electrons. The predicted octanol–water partition coefficient (Wildman–Crippen LogP) is 0.914. The summed E-state index contributed by atoms with van der Waals surface area (Å²) >= 11 is 0. The lowest BCUT2D eigenvalue weighted by Gasteiger charge is -2.15. The minimum absolute atomic E-state index is 0.581. The van der Waals surface area contributed by atoms with E-state index in [-0.39, 0.29) is 0 Å². The highest BCUT2D eigenvalue weighted by molar-refractivity contribution is 5.53. The van der Waals surface area contributed by atoms with Crippen LogP contribution in [0.1, 0.15) is 12.8 Å². The molecule has 1 aliphatic heterocycles. The second kappa shape index (κ2) is 4.83. The fraction of sp³-hybridized carbons (Fsp3) is 0.500. The second-order valence-corrected chi connectivity index (χ2v) is 4.60. The van der Waals surface area contributed by atoms with E-state index in [1.54, 1.807) is 4.68 Å². The molecule has 1 fully saturated rings. The molecule has 3 rings (SSSR count). The number of nitrogens with one attached hydrogen (secondary N) is 1. The Hall–Kier alpha value is -2.18. The van der Waals surface area contributed by atoms with E-state index < -0.39 is 0 Å². The van der Waals surface area contributed by atoms with Crippen molar-refractivity contribution in [3.8, 4) is 11.5 Å². The van der Waals surface area contributed by atoms with Crippen LogP contribution in [0.15, 0.2) is 12.3 Å². The van der Waals surface area contributed by atoms with Crippen LogP contribution in [0.2, 0.25) is 0 Å². The maximum absolute atomic E-state index is 4.53. The number of hydrogen-bond acceptors (Lipinski definition) is 6. The maximum Gasteiger partial charge on any atom is 0.230 e. The number of rotatable bonds is 3. The summed E-state index contributed by atoms with van der Waals surface area (Å²) in [5.74, 6) is 1.93. The normalized spacial score (nSPS) is 14.9. The van der Waals surface area contributed by atoms with Gasteiger partial charge in [0.15, 0.2) is 5.82 Å². The smallest absolute Gasteiger partial charge is 0.230 e. The van der Waals surface area contributed by atoms with E-state index in [0.29, 0.717) is 11.8 Å². The quantitative estimate of drug-likeness (QED) is 0.883. The second-order valence-electron chi connectivity index (χ2n) is 4.60. The van der Waals surface area contributed by atoms with E-state index in [2.05, 4.69) is 30.3 Å². The Labute approximate surface area is 111 Å². The van der Waals surface area contributed by atoms with Crippen LogP contribution in [-0.4, -0.2) is 44.9 Å². The van der Waals surface area contributed by atoms with Crippen LogP contribution < -0.4 is 10.2 Å². The molecule has 0 aromatic carbocycles. The van der Waals surface area contributed by atoms with Gasteiger partial charge in [0, 0.05) is 33.4 Å². The topological polar surface area (TPSA) is 71.8 Å². The fourth-order valence-corrected chi connectivity index (χ4v) is 2.18. The van der Waals surface area contributed by atoms with Gasteiger partial charge in [0.2, 0.25) is 11.9 Å². The Morgan fingerprint density at radius 2 is 1.95 bits per heavy atom. The van der Waals surface area contributed by atoms with E-state index in [9.17, 15) is 0 Å². The molecule has 7 nitrogen and oxygen atoms in total. The van der Waals surface area contributed by atoms with Crippen LogP contribution in [0.3, 0.4) is 0 Å². The average molecular weight is 259 g/mol. The van der Waals surface area contributed by atoms with Crippen LogP contribution in [0.25, 0.3) is 11.5 Å². The van der Waals surface area contributed by atoms with Crippen molar-refractivity contribution in [1.82, 2.24) is 24.7 Å². The van der Waals surface area contributed by atoms with E-state index in [1.807, 2.05) is 26.4 Å². The molecule has 0 amide bonds. The molecule has 2 aromatic heterocycles. The molecular formula is C12H17N7. The molecule has 1 N–H and O–H groups in total. The first kappa shape index (κ1) is 11.9. The molecule has 0 saturated carbocycles. The molecule has 2 aromatic rings. The standard InChI is InChI=1S/C12H17N7/c1-13-11-14-10(9-5-8-18(2)17-9)15-12(16-11)19-6-3-4-7-19/h5,8H,3-4,6-7H2,1-2H3,(H,13,14,15,16). The van der Waals surface area contributed by atoms with E-state index in [4.69, 9.17) is 0 Å². The highest BCUT2D eigenvalue weighted by Crippen LogP contribution is 2.20. The van der Waals surface area contributed by atoms with E-state index in [1.165, 1.54) is 12.8 Å². The lowest BCUT2D eigenvalue weighted by atomic mass is 10.4. The van der Waals surface area contributed by atoms with Crippen LogP contribution in [0, 0.1) is 0 Å². The van der Waals surface area contributed by atoms with E-state index >= 15 is 0 Å². The Kier molecular flexibility index (Phi) is 3.02. The summed E-state index contributed by atoms with van der Waals surface area (Å²) in [4.78, 5) is 15.5. The number of hydrogen-bond donors (Lipinski definition) is 1. The Bertz CT molecular complexity index is 571. The lowest BCUT2D eigenvalue weighted by Crippen LogP contribution is -2.21. The van der Waals surface area contributed by atoms with Crippen molar-refractivity contribution in [2.24, 2.45) is 7.05 Å². The van der Waals surface area contributed by atoms with Crippen molar-refractivity contribution in [1.29, 1.82) is 0 Å². The molecular weight excluding hydrogens is 242 g/mol. The largest absolute Gasteiger partial charge is 0.357 e. The van der Waals surface area contributed by atoms with Gasteiger partial charge in [-0.3, -0.25) is 4.68 Å². The Balaban J connectivity index is 2.01. The molecule has 7 heteroatoms. The first-order valence-electron chi connectivity index (χ1n) is 6.45. The third-order valence-electron chi connectivity index (χ3n) is 3.18. The number of aromatic nitrogens is 5. The van der Waals surface area contributed by atoms with Gasteiger partial charge in [-0.15, -0.1) is 0 Å². The average Bonchev–Trinajstić information content (AvgIpc) is 3.09. The SMILES string of the molecule is CNc1nc(-c2ccn(C)n2)nc(N2CCCC2)n1. The highest BCUT2D eigenvalue weighted by atomic mass is 15.3. The van der Waals surface area contributed by atoms with Crippen molar-refractivity contribution in [2.45, 2.75) is 12.8 Å². The summed E-state index contributed by atoms with van der Waals surface area (Å²) in [5.41, 5.74) is 0.766. The maximum atomic E-state index is 4.53. The molecule has 19 heavy (non-hydrogen) atoms. The number of aryl methyl sites for hydroxylation is 1. The van der Waals surface area contributed by atoms with Crippen LogP contribution >= 0.6 is 0 Å². The zero-order chi connectivity index (χ0) is 13.2. The monoisotopic (exact) mass is 259 g/mol. The van der Waals surface area contributed by atoms with Crippen LogP contribution in [-0.2, 0) is 7.05 Å². The summed E-state index contributed by atoms with van der Waals surface area (Å²) in [6.07, 6.45) is 4.27. The van der Waals surface area contributed by atoms with Crippen molar-refractivity contribution in [3.05, 3.63) is 12.3 Å². The molecule has 0 spiro atoms. The van der Waals surface area contributed by atoms with Gasteiger partial charge < -0.3 is 10.2 Å². The fourth-order valence-electron chi connectivity index (χ4n) is 2.18. The lowest BCUT2D eigenvalue weighted by molar-refractivity contribution is 0.767. The van der Waals surface area contributed by atoms with Gasteiger partial charge in [-0.1, -0.05) is 0 Å². The molecule has 1 saturated heterocycles. The molecule has 1 aliphatic rings. The molecule has 3 heterocycles. The van der Waals surface area contributed by atoms with Gasteiger partial charge in [-0.2, -0.15) is 20.1 Å². The minimum Gasteiger partial charge on any atom is -0.357 e. The van der Waals surface area contributed by atoms with Crippen LogP contribution in [0.5, 0.6) is 0 Å². The van der Waals surface area contributed by atoms with Crippen LogP contribution in [0.4, 0.5) is 11.9 Å². The molecule has 0 bridgehead atoms. The predicted molar refractivity (Wildman–Crippen MR) is 73.0 cm³/mol. The molecule has 100 valence electrons. The number of nitrogens with zero attached hydrogens (tertiary/aromatic N) is 6. The van der Waals surface area contributed by atoms with Gasteiger partial charge >= 0.3 is 0 Å². The zero-order valence-corrected chi connectivity index (χ0v) is 11.2. The summed E-state index contributed by atoms with van der Waals surface area (Å²) in [7, 11) is 3.69. The van der Waals surface area contributed by atoms with Crippen molar-refractivity contribution in [2.75, 3.05) is 30.4 Å². The first-order chi connectivity index (χ1) is 9.26. The molecule has 0 unspecified atom stereocenters. The van der Waals surface area contributed by atoms with Gasteiger partial charge in [0.25, 0.3) is 0 Å². The summed E-state index contributed by atoms with van der Waals surface area (Å²) in [6.45, 7) is 2.02. The van der Waals surface area contributed by atoms with Gasteiger partial charge in [0.05, 0.1) is 0 Å². The van der Waals surface area contributed by atoms with E-state index in [0.717, 1.165) is 24.7 Å². The first-order valence-corrected chi connectivity index (χ1v) is 6.45. The third-order valence-corrected chi connectivity index (χ3v) is 3.18. The third kappa shape index (κ3) is 2.35. The summed E-state index contributed by atoms with van der Waals surface area (Å²) in [5, 5.41) is 7.33. The Morgan fingerprint density at radius 3 is 2.58 bits per heavy atom. The number of anilines is 2. The highest BCUT2D eigenvalue weighted by Gasteiger charge is 2.18. The molecule has 0 atom stereocenters. The van der Waals surface area contributed by atoms with Crippen molar-refractivity contribution >= 4 is 11.9 Å². The minimum atomic E-state index is 0.581. The summed E-state index contributed by atoms with van der Waals surface area (Å²) in [6, 6.07) is 1.91. The van der Waals surface area contributed by atoms with Crippen molar-refractivity contribution in [3.63, 3.8) is 0 Å². The Morgan fingerprint density at radius 1 is 1.16 bits per heavy atom. The van der Waals surface area contributed by atoms with Gasteiger partial charge in [-0.25, -0.2) is 0 Å². The molecule has 0 aliphatic carbocycles. The van der Waals surface area contributed by atoms with Gasteiger partial charge in [-0.05, 0) is 18.9 Å². The summed E-state index contributed by atoms with van der Waals surface area (Å²) < 4.78 is 1.74. The zero-order valence-electron chi connectivity index (χ0n) is 11.2. The van der Waals surface area contributed by atoms with Gasteiger partial charge in [0.1, 0.15) is 5.69 Å².